The summed E-state index contributed by atoms with van der Waals surface area (Å²) in [5.41, 5.74) is 8.32. The molecule has 5 heteroatoms. The molecular formula is C16H25N3OS. The van der Waals surface area contributed by atoms with Crippen LogP contribution in [0.15, 0.2) is 0 Å². The number of ketones is 1. The minimum atomic E-state index is 0.107. The molecule has 0 aromatic carbocycles. The average Bonchev–Trinajstić information content (AvgIpc) is 3.23. The summed E-state index contributed by atoms with van der Waals surface area (Å²) < 4.78 is 0. The molecule has 3 rings (SSSR count). The van der Waals surface area contributed by atoms with Crippen LogP contribution in [-0.2, 0) is 0 Å². The van der Waals surface area contributed by atoms with E-state index in [1.54, 1.807) is 18.3 Å². The lowest BCUT2D eigenvalue weighted by Gasteiger charge is -2.35. The summed E-state index contributed by atoms with van der Waals surface area (Å²) in [6.45, 7) is 9.39. The van der Waals surface area contributed by atoms with Crippen molar-refractivity contribution >= 4 is 27.8 Å². The molecule has 1 saturated carbocycles. The zero-order valence-corrected chi connectivity index (χ0v) is 13.8. The predicted octanol–water partition coefficient (Wildman–Crippen LogP) is 2.94. The van der Waals surface area contributed by atoms with Gasteiger partial charge in [-0.2, -0.15) is 0 Å². The van der Waals surface area contributed by atoms with Crippen LogP contribution in [0.25, 0.3) is 0 Å². The van der Waals surface area contributed by atoms with Crippen molar-refractivity contribution in [2.45, 2.75) is 39.0 Å². The van der Waals surface area contributed by atoms with Crippen LogP contribution in [0.3, 0.4) is 0 Å². The predicted molar refractivity (Wildman–Crippen MR) is 89.7 cm³/mol. The summed E-state index contributed by atoms with van der Waals surface area (Å²) >= 11 is 1.62. The van der Waals surface area contributed by atoms with Crippen LogP contribution in [-0.4, -0.2) is 43.4 Å². The van der Waals surface area contributed by atoms with E-state index in [4.69, 9.17) is 5.73 Å². The molecule has 0 atom stereocenters. The SMILES string of the molecule is CCCN1CCN(c2sc(C(C)=O)c(N)c2C2CC2)CC1. The topological polar surface area (TPSA) is 49.6 Å². The van der Waals surface area contributed by atoms with Crippen LogP contribution in [0.2, 0.25) is 0 Å². The smallest absolute Gasteiger partial charge is 0.171 e. The lowest BCUT2D eigenvalue weighted by molar-refractivity contribution is 0.102. The molecule has 2 aliphatic rings. The van der Waals surface area contributed by atoms with Crippen LogP contribution >= 0.6 is 11.3 Å². The fourth-order valence-electron chi connectivity index (χ4n) is 3.20. The van der Waals surface area contributed by atoms with E-state index in [2.05, 4.69) is 16.7 Å². The molecular weight excluding hydrogens is 282 g/mol. The Morgan fingerprint density at radius 3 is 2.48 bits per heavy atom. The van der Waals surface area contributed by atoms with Gasteiger partial charge in [0.1, 0.15) is 0 Å². The Morgan fingerprint density at radius 2 is 1.95 bits per heavy atom. The van der Waals surface area contributed by atoms with Gasteiger partial charge in [0.15, 0.2) is 5.78 Å². The number of hydrogen-bond donors (Lipinski definition) is 1. The molecule has 1 aliphatic carbocycles. The van der Waals surface area contributed by atoms with Crippen molar-refractivity contribution in [1.29, 1.82) is 0 Å². The maximum Gasteiger partial charge on any atom is 0.171 e. The van der Waals surface area contributed by atoms with Crippen LogP contribution in [0, 0.1) is 0 Å². The Bertz CT molecular complexity index is 528. The molecule has 4 nitrogen and oxygen atoms in total. The number of rotatable bonds is 5. The molecule has 0 spiro atoms. The number of carbonyl (C=O) groups is 1. The van der Waals surface area contributed by atoms with Gasteiger partial charge in [-0.05, 0) is 31.7 Å². The molecule has 0 radical (unpaired) electrons. The highest BCUT2D eigenvalue weighted by Crippen LogP contribution is 2.52. The Hall–Kier alpha value is -1.07. The number of Topliss-reactive ketones (excluding diaryl/α,β-unsaturated/α-hetero) is 1. The highest BCUT2D eigenvalue weighted by Gasteiger charge is 2.34. The molecule has 116 valence electrons. The number of hydrogen-bond acceptors (Lipinski definition) is 5. The molecule has 2 N–H and O–H groups in total. The number of nitrogens with zero attached hydrogens (tertiary/aromatic N) is 2. The highest BCUT2D eigenvalue weighted by molar-refractivity contribution is 7.18. The van der Waals surface area contributed by atoms with Gasteiger partial charge in [0, 0.05) is 38.7 Å². The number of piperazine rings is 1. The quantitative estimate of drug-likeness (QED) is 0.850. The van der Waals surface area contributed by atoms with Crippen LogP contribution in [0.1, 0.15) is 54.3 Å². The van der Waals surface area contributed by atoms with Gasteiger partial charge in [0.25, 0.3) is 0 Å². The van der Waals surface area contributed by atoms with Crippen molar-refractivity contribution in [2.24, 2.45) is 0 Å². The molecule has 0 unspecified atom stereocenters. The summed E-state index contributed by atoms with van der Waals surface area (Å²) in [7, 11) is 0. The van der Waals surface area contributed by atoms with Gasteiger partial charge in [-0.1, -0.05) is 6.92 Å². The largest absolute Gasteiger partial charge is 0.397 e. The first-order chi connectivity index (χ1) is 10.1. The van der Waals surface area contributed by atoms with Crippen LogP contribution in [0.4, 0.5) is 10.7 Å². The molecule has 21 heavy (non-hydrogen) atoms. The number of nitrogens with two attached hydrogens (primary N) is 1. The van der Waals surface area contributed by atoms with Gasteiger partial charge >= 0.3 is 0 Å². The fourth-order valence-corrected chi connectivity index (χ4v) is 4.45. The van der Waals surface area contributed by atoms with Gasteiger partial charge in [-0.15, -0.1) is 11.3 Å². The van der Waals surface area contributed by atoms with Crippen molar-refractivity contribution in [1.82, 2.24) is 4.90 Å². The molecule has 0 bridgehead atoms. The van der Waals surface area contributed by atoms with Gasteiger partial charge in [-0.3, -0.25) is 9.69 Å². The number of nitrogen functional groups attached to an aromatic ring is 1. The van der Waals surface area contributed by atoms with E-state index < -0.39 is 0 Å². The minimum Gasteiger partial charge on any atom is -0.397 e. The summed E-state index contributed by atoms with van der Waals surface area (Å²) in [5, 5.41) is 1.27. The summed E-state index contributed by atoms with van der Waals surface area (Å²) in [4.78, 5) is 17.5. The molecule has 1 saturated heterocycles. The minimum absolute atomic E-state index is 0.107. The third-order valence-electron chi connectivity index (χ3n) is 4.47. The molecule has 1 aromatic rings. The third kappa shape index (κ3) is 2.94. The van der Waals surface area contributed by atoms with Crippen LogP contribution in [0.5, 0.6) is 0 Å². The number of thiophene rings is 1. The van der Waals surface area contributed by atoms with Crippen molar-refractivity contribution in [3.8, 4) is 0 Å². The van der Waals surface area contributed by atoms with E-state index in [9.17, 15) is 4.79 Å². The molecule has 2 fully saturated rings. The molecule has 0 amide bonds. The lowest BCUT2D eigenvalue weighted by Crippen LogP contribution is -2.46. The normalized spacial score (nSPS) is 20.0. The maximum atomic E-state index is 11.8. The lowest BCUT2D eigenvalue weighted by atomic mass is 10.1. The zero-order chi connectivity index (χ0) is 15.0. The summed E-state index contributed by atoms with van der Waals surface area (Å²) in [5.74, 6) is 0.702. The van der Waals surface area contributed by atoms with Gasteiger partial charge < -0.3 is 10.6 Å². The van der Waals surface area contributed by atoms with Crippen molar-refractivity contribution < 1.29 is 4.79 Å². The second-order valence-electron chi connectivity index (χ2n) is 6.22. The molecule has 2 heterocycles. The molecule has 1 aliphatic heterocycles. The standard InChI is InChI=1S/C16H25N3OS/c1-3-6-18-7-9-19(10-8-18)16-13(12-4-5-12)14(17)15(21-16)11(2)20/h12H,3-10,17H2,1-2H3. The van der Waals surface area contributed by atoms with Crippen molar-refractivity contribution in [2.75, 3.05) is 43.4 Å². The Labute approximate surface area is 130 Å². The first-order valence-corrected chi connectivity index (χ1v) is 8.83. The van der Waals surface area contributed by atoms with E-state index in [0.717, 1.165) is 36.7 Å². The maximum absolute atomic E-state index is 11.8. The summed E-state index contributed by atoms with van der Waals surface area (Å²) in [6.07, 6.45) is 3.66. The second kappa shape index (κ2) is 5.97. The van der Waals surface area contributed by atoms with Crippen molar-refractivity contribution in [3.63, 3.8) is 0 Å². The third-order valence-corrected chi connectivity index (χ3v) is 5.85. The van der Waals surface area contributed by atoms with Gasteiger partial charge in [0.2, 0.25) is 0 Å². The van der Waals surface area contributed by atoms with Crippen LogP contribution < -0.4 is 10.6 Å². The first kappa shape index (κ1) is 14.9. The van der Waals surface area contributed by atoms with E-state index in [0.29, 0.717) is 5.92 Å². The highest BCUT2D eigenvalue weighted by atomic mass is 32.1. The zero-order valence-electron chi connectivity index (χ0n) is 13.0. The molecule has 1 aromatic heterocycles. The van der Waals surface area contributed by atoms with E-state index in [1.165, 1.54) is 36.4 Å². The van der Waals surface area contributed by atoms with E-state index >= 15 is 0 Å². The second-order valence-corrected chi connectivity index (χ2v) is 7.22. The summed E-state index contributed by atoms with van der Waals surface area (Å²) in [6, 6.07) is 0. The van der Waals surface area contributed by atoms with E-state index in [-0.39, 0.29) is 5.78 Å². The first-order valence-electron chi connectivity index (χ1n) is 8.02. The number of anilines is 2. The number of carbonyl (C=O) groups excluding carboxylic acids is 1. The Morgan fingerprint density at radius 1 is 1.29 bits per heavy atom. The van der Waals surface area contributed by atoms with Gasteiger partial charge in [0.05, 0.1) is 15.6 Å². The average molecular weight is 307 g/mol. The van der Waals surface area contributed by atoms with E-state index in [1.807, 2.05) is 0 Å². The van der Waals surface area contributed by atoms with Gasteiger partial charge in [-0.25, -0.2) is 0 Å². The Balaban J connectivity index is 1.82. The van der Waals surface area contributed by atoms with Crippen molar-refractivity contribution in [3.05, 3.63) is 10.4 Å². The monoisotopic (exact) mass is 307 g/mol. The Kier molecular flexibility index (Phi) is 4.22. The fraction of sp³-hybridized carbons (Fsp3) is 0.688.